The average Bonchev–Trinajstić information content (AvgIpc) is 3.14. The minimum Gasteiger partial charge on any atom is -0.495 e. The predicted molar refractivity (Wildman–Crippen MR) is 110 cm³/mol. The minimum absolute atomic E-state index is 0.169. The highest BCUT2D eigenvalue weighted by atomic mass is 16.6. The molecule has 0 radical (unpaired) electrons. The maximum atomic E-state index is 13.2. The van der Waals surface area contributed by atoms with Crippen LogP contribution < -0.4 is 10.1 Å². The number of pyridine rings is 1. The number of nitro groups is 1. The molecule has 0 atom stereocenters. The summed E-state index contributed by atoms with van der Waals surface area (Å²) < 4.78 is 10.5. The van der Waals surface area contributed by atoms with Crippen molar-refractivity contribution in [3.05, 3.63) is 76.0 Å². The Morgan fingerprint density at radius 3 is 2.63 bits per heavy atom. The molecule has 4 rings (SSSR count). The van der Waals surface area contributed by atoms with E-state index in [1.165, 1.54) is 25.3 Å². The van der Waals surface area contributed by atoms with Crippen molar-refractivity contribution in [2.45, 2.75) is 6.92 Å². The zero-order valence-electron chi connectivity index (χ0n) is 16.1. The first kappa shape index (κ1) is 19.1. The number of rotatable bonds is 5. The molecular weight excluding hydrogens is 388 g/mol. The Labute approximate surface area is 170 Å². The molecular formula is C21H16N4O5. The lowest BCUT2D eigenvalue weighted by molar-refractivity contribution is -0.384. The van der Waals surface area contributed by atoms with E-state index in [1.54, 1.807) is 13.0 Å². The van der Waals surface area contributed by atoms with E-state index in [0.717, 1.165) is 5.56 Å². The maximum Gasteiger partial charge on any atom is 0.271 e. The fourth-order valence-electron chi connectivity index (χ4n) is 3.13. The number of aromatic nitrogens is 2. The first-order valence-corrected chi connectivity index (χ1v) is 8.94. The van der Waals surface area contributed by atoms with Crippen LogP contribution in [-0.4, -0.2) is 28.1 Å². The second-order valence-corrected chi connectivity index (χ2v) is 6.47. The second-order valence-electron chi connectivity index (χ2n) is 6.47. The quantitative estimate of drug-likeness (QED) is 0.387. The molecule has 0 saturated carbocycles. The molecule has 30 heavy (non-hydrogen) atoms. The molecule has 2 aromatic carbocycles. The highest BCUT2D eigenvalue weighted by Gasteiger charge is 2.21. The zero-order chi connectivity index (χ0) is 21.3. The number of nitrogens with zero attached hydrogens (tertiary/aromatic N) is 3. The number of methoxy groups -OCH3 is 1. The smallest absolute Gasteiger partial charge is 0.271 e. The van der Waals surface area contributed by atoms with Gasteiger partial charge in [-0.3, -0.25) is 14.9 Å². The number of carbonyl (C=O) groups excluding carboxylic acids is 1. The van der Waals surface area contributed by atoms with Crippen LogP contribution in [-0.2, 0) is 0 Å². The topological polar surface area (TPSA) is 120 Å². The van der Waals surface area contributed by atoms with Crippen LogP contribution in [0.5, 0.6) is 5.75 Å². The molecule has 0 unspecified atom stereocenters. The van der Waals surface area contributed by atoms with Gasteiger partial charge in [0.15, 0.2) is 0 Å². The van der Waals surface area contributed by atoms with Crippen LogP contribution in [0, 0.1) is 17.0 Å². The van der Waals surface area contributed by atoms with Crippen LogP contribution in [0.1, 0.15) is 16.1 Å². The molecule has 9 heteroatoms. The van der Waals surface area contributed by atoms with Crippen LogP contribution in [0.25, 0.3) is 22.4 Å². The number of hydrogen-bond acceptors (Lipinski definition) is 7. The number of ether oxygens (including phenoxy) is 1. The van der Waals surface area contributed by atoms with Gasteiger partial charge in [-0.1, -0.05) is 35.5 Å². The molecule has 0 aliphatic heterocycles. The van der Waals surface area contributed by atoms with E-state index >= 15 is 0 Å². The monoisotopic (exact) mass is 404 g/mol. The van der Waals surface area contributed by atoms with Crippen LogP contribution in [0.4, 0.5) is 11.4 Å². The van der Waals surface area contributed by atoms with Gasteiger partial charge < -0.3 is 14.6 Å². The summed E-state index contributed by atoms with van der Waals surface area (Å²) in [5, 5.41) is 18.2. The molecule has 1 amide bonds. The summed E-state index contributed by atoms with van der Waals surface area (Å²) in [6.07, 6.45) is 0. The Balaban J connectivity index is 1.81. The molecule has 150 valence electrons. The molecule has 0 saturated heterocycles. The van der Waals surface area contributed by atoms with Crippen molar-refractivity contribution < 1.29 is 19.0 Å². The van der Waals surface area contributed by atoms with Gasteiger partial charge in [-0.15, -0.1) is 0 Å². The van der Waals surface area contributed by atoms with Crippen molar-refractivity contribution >= 4 is 28.4 Å². The second kappa shape index (κ2) is 7.63. The van der Waals surface area contributed by atoms with Gasteiger partial charge in [0, 0.05) is 17.7 Å². The van der Waals surface area contributed by atoms with Crippen molar-refractivity contribution in [3.8, 4) is 17.0 Å². The number of benzene rings is 2. The molecule has 0 aliphatic carbocycles. The third-order valence-corrected chi connectivity index (χ3v) is 4.57. The summed E-state index contributed by atoms with van der Waals surface area (Å²) in [7, 11) is 1.42. The summed E-state index contributed by atoms with van der Waals surface area (Å²) in [4.78, 5) is 28.2. The lowest BCUT2D eigenvalue weighted by Crippen LogP contribution is -2.14. The van der Waals surface area contributed by atoms with Gasteiger partial charge in [-0.2, -0.15) is 0 Å². The van der Waals surface area contributed by atoms with E-state index in [0.29, 0.717) is 22.5 Å². The molecule has 2 heterocycles. The number of hydrogen-bond donors (Lipinski definition) is 1. The van der Waals surface area contributed by atoms with Crippen LogP contribution in [0.15, 0.2) is 59.1 Å². The first-order chi connectivity index (χ1) is 14.5. The number of nitro benzene ring substituents is 1. The molecule has 0 bridgehead atoms. The highest BCUT2D eigenvalue weighted by Crippen LogP contribution is 2.31. The molecule has 0 fully saturated rings. The Hall–Kier alpha value is -4.27. The lowest BCUT2D eigenvalue weighted by Gasteiger charge is -2.11. The van der Waals surface area contributed by atoms with E-state index in [2.05, 4.69) is 15.5 Å². The summed E-state index contributed by atoms with van der Waals surface area (Å²) in [6, 6.07) is 14.9. The molecule has 0 spiro atoms. The van der Waals surface area contributed by atoms with E-state index in [9.17, 15) is 14.9 Å². The Kier molecular flexibility index (Phi) is 4.85. The number of carbonyl (C=O) groups is 1. The largest absolute Gasteiger partial charge is 0.495 e. The van der Waals surface area contributed by atoms with Crippen molar-refractivity contribution in [3.63, 3.8) is 0 Å². The molecule has 4 aromatic rings. The van der Waals surface area contributed by atoms with Crippen molar-refractivity contribution in [1.29, 1.82) is 0 Å². The van der Waals surface area contributed by atoms with Crippen molar-refractivity contribution in [2.75, 3.05) is 12.4 Å². The normalized spacial score (nSPS) is 10.7. The summed E-state index contributed by atoms with van der Waals surface area (Å²) >= 11 is 0. The lowest BCUT2D eigenvalue weighted by atomic mass is 10.0. The molecule has 1 N–H and O–H groups in total. The van der Waals surface area contributed by atoms with Crippen molar-refractivity contribution in [2.24, 2.45) is 0 Å². The zero-order valence-corrected chi connectivity index (χ0v) is 16.1. The molecule has 9 nitrogen and oxygen atoms in total. The van der Waals surface area contributed by atoms with Crippen molar-refractivity contribution in [1.82, 2.24) is 10.1 Å². The number of nitrogens with one attached hydrogen (secondary N) is 1. The van der Waals surface area contributed by atoms with Gasteiger partial charge in [0.25, 0.3) is 17.3 Å². The maximum absolute atomic E-state index is 13.2. The number of non-ortho nitro benzene ring substituents is 1. The van der Waals surface area contributed by atoms with Gasteiger partial charge in [0.05, 0.1) is 40.1 Å². The van der Waals surface area contributed by atoms with Gasteiger partial charge in [0.2, 0.25) is 0 Å². The fourth-order valence-corrected chi connectivity index (χ4v) is 3.13. The van der Waals surface area contributed by atoms with Gasteiger partial charge in [-0.05, 0) is 19.1 Å². The minimum atomic E-state index is -0.544. The van der Waals surface area contributed by atoms with Crippen LogP contribution in [0.3, 0.4) is 0 Å². The third-order valence-electron chi connectivity index (χ3n) is 4.57. The van der Waals surface area contributed by atoms with Gasteiger partial charge in [-0.25, -0.2) is 4.98 Å². The van der Waals surface area contributed by atoms with Crippen LogP contribution >= 0.6 is 0 Å². The molecule has 2 aromatic heterocycles. The predicted octanol–water partition coefficient (Wildman–Crippen LogP) is 4.37. The number of amides is 1. The Bertz CT molecular complexity index is 1270. The Morgan fingerprint density at radius 2 is 1.93 bits per heavy atom. The third kappa shape index (κ3) is 3.44. The van der Waals surface area contributed by atoms with E-state index in [4.69, 9.17) is 9.26 Å². The number of fused-ring (bicyclic) bond motifs is 1. The highest BCUT2D eigenvalue weighted by molar-refractivity contribution is 6.13. The van der Waals surface area contributed by atoms with E-state index < -0.39 is 10.8 Å². The van der Waals surface area contributed by atoms with E-state index in [1.807, 2.05) is 30.3 Å². The standard InChI is InChI=1S/C21H16N4O5/c1-12-19-15(11-16(23-21(19)30-24-12)13-6-4-3-5-7-13)20(26)22-17-10-14(25(27)28)8-9-18(17)29-2/h3-11H,1-2H3,(H,22,26). The summed E-state index contributed by atoms with van der Waals surface area (Å²) in [5.74, 6) is -0.200. The first-order valence-electron chi connectivity index (χ1n) is 8.94. The van der Waals surface area contributed by atoms with Gasteiger partial charge in [0.1, 0.15) is 5.75 Å². The van der Waals surface area contributed by atoms with Crippen LogP contribution in [0.2, 0.25) is 0 Å². The Morgan fingerprint density at radius 1 is 1.17 bits per heavy atom. The van der Waals surface area contributed by atoms with Gasteiger partial charge >= 0.3 is 0 Å². The SMILES string of the molecule is COc1ccc([N+](=O)[O-])cc1NC(=O)c1cc(-c2ccccc2)nc2onc(C)c12. The number of aryl methyl sites for hydroxylation is 1. The number of anilines is 1. The summed E-state index contributed by atoms with van der Waals surface area (Å²) in [6.45, 7) is 1.71. The summed E-state index contributed by atoms with van der Waals surface area (Å²) in [5.41, 5.74) is 2.37. The van der Waals surface area contributed by atoms with E-state index in [-0.39, 0.29) is 22.7 Å². The molecule has 0 aliphatic rings. The fraction of sp³-hybridized carbons (Fsp3) is 0.0952. The average molecular weight is 404 g/mol.